The first-order chi connectivity index (χ1) is 9.97. The number of anilines is 1. The minimum atomic E-state index is -0.144. The van der Waals surface area contributed by atoms with Crippen molar-refractivity contribution in [1.29, 1.82) is 0 Å². The van der Waals surface area contributed by atoms with Crippen molar-refractivity contribution in [2.45, 2.75) is 46.8 Å². The van der Waals surface area contributed by atoms with E-state index in [0.29, 0.717) is 11.8 Å². The van der Waals surface area contributed by atoms with Gasteiger partial charge in [-0.25, -0.2) is 0 Å². The summed E-state index contributed by atoms with van der Waals surface area (Å²) < 4.78 is 0. The molecular formula is C18H30N2O. The van der Waals surface area contributed by atoms with Gasteiger partial charge in [-0.1, -0.05) is 38.5 Å². The van der Waals surface area contributed by atoms with Crippen LogP contribution in [0.2, 0.25) is 0 Å². The molecule has 1 aliphatic rings. The molecule has 3 heteroatoms. The van der Waals surface area contributed by atoms with E-state index in [9.17, 15) is 5.11 Å². The molecule has 0 bridgehead atoms. The molecule has 1 aliphatic heterocycles. The summed E-state index contributed by atoms with van der Waals surface area (Å²) >= 11 is 0. The van der Waals surface area contributed by atoms with Crippen LogP contribution in [0.1, 0.15) is 38.3 Å². The van der Waals surface area contributed by atoms with Gasteiger partial charge in [0.05, 0.1) is 6.10 Å². The van der Waals surface area contributed by atoms with E-state index in [4.69, 9.17) is 0 Å². The fourth-order valence-electron chi connectivity index (χ4n) is 3.01. The summed E-state index contributed by atoms with van der Waals surface area (Å²) in [6.45, 7) is 12.6. The van der Waals surface area contributed by atoms with E-state index in [1.807, 2.05) is 0 Å². The number of benzene rings is 1. The molecule has 21 heavy (non-hydrogen) atoms. The second-order valence-electron chi connectivity index (χ2n) is 6.94. The van der Waals surface area contributed by atoms with Crippen molar-refractivity contribution >= 4 is 5.69 Å². The zero-order valence-electron chi connectivity index (χ0n) is 13.9. The van der Waals surface area contributed by atoms with Gasteiger partial charge in [0, 0.05) is 25.3 Å². The molecule has 2 rings (SSSR count). The Bertz CT molecular complexity index is 459. The predicted molar refractivity (Wildman–Crippen MR) is 89.7 cm³/mol. The number of hydrogen-bond donors (Lipinski definition) is 2. The molecule has 0 aromatic heterocycles. The normalized spacial score (nSPS) is 22.9. The summed E-state index contributed by atoms with van der Waals surface area (Å²) in [6, 6.07) is 6.72. The Hall–Kier alpha value is -1.06. The highest BCUT2D eigenvalue weighted by atomic mass is 16.3. The van der Waals surface area contributed by atoms with Gasteiger partial charge >= 0.3 is 0 Å². The lowest BCUT2D eigenvalue weighted by molar-refractivity contribution is 0.0970. The molecule has 1 heterocycles. The molecule has 2 N–H and O–H groups in total. The summed E-state index contributed by atoms with van der Waals surface area (Å²) in [5.74, 6) is 1.01. The second-order valence-corrected chi connectivity index (χ2v) is 6.94. The Morgan fingerprint density at radius 1 is 1.38 bits per heavy atom. The van der Waals surface area contributed by atoms with Gasteiger partial charge in [0.2, 0.25) is 0 Å². The van der Waals surface area contributed by atoms with Gasteiger partial charge in [-0.3, -0.25) is 0 Å². The molecule has 2 unspecified atom stereocenters. The first-order valence-electron chi connectivity index (χ1n) is 8.20. The van der Waals surface area contributed by atoms with E-state index < -0.39 is 0 Å². The van der Waals surface area contributed by atoms with Crippen molar-refractivity contribution in [3.05, 3.63) is 29.3 Å². The summed E-state index contributed by atoms with van der Waals surface area (Å²) in [5.41, 5.74) is 4.01. The summed E-state index contributed by atoms with van der Waals surface area (Å²) in [7, 11) is 0. The van der Waals surface area contributed by atoms with Crippen LogP contribution < -0.4 is 10.2 Å². The first kappa shape index (κ1) is 16.3. The van der Waals surface area contributed by atoms with E-state index in [1.54, 1.807) is 0 Å². The van der Waals surface area contributed by atoms with Crippen molar-refractivity contribution in [2.75, 3.05) is 24.5 Å². The van der Waals surface area contributed by atoms with Crippen LogP contribution >= 0.6 is 0 Å². The number of piperidine rings is 1. The molecule has 1 saturated heterocycles. The fraction of sp³-hybridized carbons (Fsp3) is 0.667. The van der Waals surface area contributed by atoms with Crippen LogP contribution in [-0.4, -0.2) is 30.8 Å². The van der Waals surface area contributed by atoms with Crippen LogP contribution in [0.15, 0.2) is 18.2 Å². The van der Waals surface area contributed by atoms with Gasteiger partial charge in [0.15, 0.2) is 0 Å². The van der Waals surface area contributed by atoms with Gasteiger partial charge in [-0.05, 0) is 43.4 Å². The molecule has 3 nitrogen and oxygen atoms in total. The highest BCUT2D eigenvalue weighted by molar-refractivity contribution is 5.55. The van der Waals surface area contributed by atoms with Crippen molar-refractivity contribution < 1.29 is 5.11 Å². The zero-order chi connectivity index (χ0) is 15.4. The number of nitrogens with one attached hydrogen (secondary N) is 1. The third kappa shape index (κ3) is 4.45. The zero-order valence-corrected chi connectivity index (χ0v) is 13.9. The molecule has 2 atom stereocenters. The summed E-state index contributed by atoms with van der Waals surface area (Å²) in [4.78, 5) is 2.43. The minimum absolute atomic E-state index is 0.144. The lowest BCUT2D eigenvalue weighted by Crippen LogP contribution is -2.42. The van der Waals surface area contributed by atoms with Crippen molar-refractivity contribution in [3.8, 4) is 0 Å². The van der Waals surface area contributed by atoms with Crippen LogP contribution in [0.4, 0.5) is 5.69 Å². The Balaban J connectivity index is 2.11. The maximum atomic E-state index is 9.92. The van der Waals surface area contributed by atoms with Crippen molar-refractivity contribution in [2.24, 2.45) is 11.8 Å². The summed E-state index contributed by atoms with van der Waals surface area (Å²) in [5, 5.41) is 13.5. The number of hydrogen-bond acceptors (Lipinski definition) is 3. The van der Waals surface area contributed by atoms with E-state index in [0.717, 1.165) is 32.6 Å². The molecule has 0 amide bonds. The SMILES string of the molecule is Cc1ccc(N2CCC(O)C(C)C2)c(CNCC(C)C)c1. The monoisotopic (exact) mass is 290 g/mol. The number of aliphatic hydroxyl groups is 1. The third-order valence-electron chi connectivity index (χ3n) is 4.30. The Morgan fingerprint density at radius 3 is 2.81 bits per heavy atom. The molecule has 0 aliphatic carbocycles. The van der Waals surface area contributed by atoms with Crippen LogP contribution in [0.3, 0.4) is 0 Å². The van der Waals surface area contributed by atoms with Gasteiger partial charge < -0.3 is 15.3 Å². The third-order valence-corrected chi connectivity index (χ3v) is 4.30. The van der Waals surface area contributed by atoms with Gasteiger partial charge in [-0.2, -0.15) is 0 Å². The molecule has 118 valence electrons. The quantitative estimate of drug-likeness (QED) is 0.875. The number of aryl methyl sites for hydroxylation is 1. The molecule has 0 saturated carbocycles. The van der Waals surface area contributed by atoms with E-state index in [-0.39, 0.29) is 6.10 Å². The predicted octanol–water partition coefficient (Wildman–Crippen LogP) is 2.95. The molecule has 1 fully saturated rings. The molecule has 1 aromatic rings. The lowest BCUT2D eigenvalue weighted by atomic mass is 9.95. The molecule has 1 aromatic carbocycles. The Labute approximate surface area is 129 Å². The number of nitrogens with zero attached hydrogens (tertiary/aromatic N) is 1. The van der Waals surface area contributed by atoms with Gasteiger partial charge in [0.25, 0.3) is 0 Å². The average Bonchev–Trinajstić information content (AvgIpc) is 2.42. The standard InChI is InChI=1S/C18H30N2O/c1-13(2)10-19-11-16-9-14(3)5-6-17(16)20-8-7-18(21)15(4)12-20/h5-6,9,13,15,18-19,21H,7-8,10-12H2,1-4H3. The lowest BCUT2D eigenvalue weighted by Gasteiger charge is -2.37. The van der Waals surface area contributed by atoms with Crippen LogP contribution in [0.25, 0.3) is 0 Å². The summed E-state index contributed by atoms with van der Waals surface area (Å²) in [6.07, 6.45) is 0.725. The second kappa shape index (κ2) is 7.28. The van der Waals surface area contributed by atoms with E-state index >= 15 is 0 Å². The smallest absolute Gasteiger partial charge is 0.0599 e. The topological polar surface area (TPSA) is 35.5 Å². The largest absolute Gasteiger partial charge is 0.393 e. The minimum Gasteiger partial charge on any atom is -0.393 e. The van der Waals surface area contributed by atoms with Crippen LogP contribution in [-0.2, 0) is 6.54 Å². The highest BCUT2D eigenvalue weighted by Crippen LogP contribution is 2.27. The molecule has 0 spiro atoms. The van der Waals surface area contributed by atoms with Crippen molar-refractivity contribution in [1.82, 2.24) is 5.32 Å². The molecular weight excluding hydrogens is 260 g/mol. The van der Waals surface area contributed by atoms with Crippen LogP contribution in [0, 0.1) is 18.8 Å². The number of rotatable bonds is 5. The maximum Gasteiger partial charge on any atom is 0.0599 e. The van der Waals surface area contributed by atoms with E-state index in [1.165, 1.54) is 16.8 Å². The van der Waals surface area contributed by atoms with Crippen LogP contribution in [0.5, 0.6) is 0 Å². The van der Waals surface area contributed by atoms with Gasteiger partial charge in [0.1, 0.15) is 0 Å². The first-order valence-corrected chi connectivity index (χ1v) is 8.20. The molecule has 0 radical (unpaired) electrons. The maximum absolute atomic E-state index is 9.92. The Morgan fingerprint density at radius 2 is 2.14 bits per heavy atom. The van der Waals surface area contributed by atoms with Crippen molar-refractivity contribution in [3.63, 3.8) is 0 Å². The van der Waals surface area contributed by atoms with E-state index in [2.05, 4.69) is 56.1 Å². The highest BCUT2D eigenvalue weighted by Gasteiger charge is 2.25. The van der Waals surface area contributed by atoms with Gasteiger partial charge in [-0.15, -0.1) is 0 Å². The fourth-order valence-corrected chi connectivity index (χ4v) is 3.01. The Kier molecular flexibility index (Phi) is 5.65. The average molecular weight is 290 g/mol. The number of aliphatic hydroxyl groups excluding tert-OH is 1.